The molecule has 1 unspecified atom stereocenters. The number of carbonyl (C=O) groups excluding carboxylic acids is 3. The minimum atomic E-state index is -2.40. The van der Waals surface area contributed by atoms with Crippen molar-refractivity contribution in [3.63, 3.8) is 0 Å². The highest BCUT2D eigenvalue weighted by atomic mass is 79.9. The number of halogens is 1. The molecule has 1 rings (SSSR count). The number of alkyl halides is 1. The minimum absolute atomic E-state index is 0.348. The fourth-order valence-corrected chi connectivity index (χ4v) is 2.70. The van der Waals surface area contributed by atoms with Crippen LogP contribution in [0.15, 0.2) is 5.11 Å². The highest BCUT2D eigenvalue weighted by molar-refractivity contribution is 9.09. The van der Waals surface area contributed by atoms with Crippen molar-refractivity contribution in [2.45, 2.75) is 49.8 Å². The molecule has 5 atom stereocenters. The lowest BCUT2D eigenvalue weighted by Crippen LogP contribution is -2.66. The van der Waals surface area contributed by atoms with Crippen LogP contribution in [0.4, 0.5) is 0 Å². The van der Waals surface area contributed by atoms with Gasteiger partial charge in [-0.1, -0.05) is 21.0 Å². The fourth-order valence-electron chi connectivity index (χ4n) is 2.07. The summed E-state index contributed by atoms with van der Waals surface area (Å²) in [6, 6.07) is 0. The summed E-state index contributed by atoms with van der Waals surface area (Å²) in [5, 5.41) is 12.4. The molecule has 1 aliphatic heterocycles. The summed E-state index contributed by atoms with van der Waals surface area (Å²) in [4.78, 5) is 36.2. The molecule has 0 aromatic heterocycles. The predicted molar refractivity (Wildman–Crippen MR) is 79.4 cm³/mol. The van der Waals surface area contributed by atoms with E-state index in [1.54, 1.807) is 0 Å². The van der Waals surface area contributed by atoms with E-state index in [1.807, 2.05) is 0 Å². The lowest BCUT2D eigenvalue weighted by Gasteiger charge is -2.46. The maximum absolute atomic E-state index is 11.4. The first-order valence-electron chi connectivity index (χ1n) is 6.67. The van der Waals surface area contributed by atoms with Gasteiger partial charge in [-0.05, 0) is 5.53 Å². The Hall–Kier alpha value is -1.88. The number of aliphatic hydroxyl groups is 1. The van der Waals surface area contributed by atoms with Crippen molar-refractivity contribution in [3.8, 4) is 0 Å². The molecule has 0 spiro atoms. The number of carbonyl (C=O) groups is 3. The van der Waals surface area contributed by atoms with Crippen LogP contribution >= 0.6 is 15.9 Å². The van der Waals surface area contributed by atoms with Crippen LogP contribution in [-0.2, 0) is 33.3 Å². The average Bonchev–Trinajstić information content (AvgIpc) is 2.45. The van der Waals surface area contributed by atoms with Crippen molar-refractivity contribution in [3.05, 3.63) is 10.4 Å². The summed E-state index contributed by atoms with van der Waals surface area (Å²) in [5.74, 6) is -2.22. The molecule has 1 heterocycles. The number of rotatable bonds is 5. The molecule has 1 fully saturated rings. The van der Waals surface area contributed by atoms with E-state index in [1.165, 1.54) is 0 Å². The Bertz CT molecular complexity index is 567. The predicted octanol–water partition coefficient (Wildman–Crippen LogP) is 0.532. The molecule has 11 nitrogen and oxygen atoms in total. The summed E-state index contributed by atoms with van der Waals surface area (Å²) in [7, 11) is 0. The van der Waals surface area contributed by atoms with Gasteiger partial charge >= 0.3 is 17.9 Å². The van der Waals surface area contributed by atoms with Gasteiger partial charge in [0.25, 0.3) is 0 Å². The normalized spacial score (nSPS) is 32.2. The number of hydrogen-bond acceptors (Lipinski definition) is 9. The Balaban J connectivity index is 3.26. The fraction of sp³-hybridized carbons (Fsp3) is 0.750. The number of esters is 3. The first-order valence-corrected chi connectivity index (χ1v) is 7.59. The monoisotopic (exact) mass is 409 g/mol. The molecule has 0 amide bonds. The lowest BCUT2D eigenvalue weighted by molar-refractivity contribution is -0.261. The molecular formula is C12H16BrN3O8. The van der Waals surface area contributed by atoms with Crippen molar-refractivity contribution < 1.29 is 38.4 Å². The zero-order chi connectivity index (χ0) is 18.5. The van der Waals surface area contributed by atoms with Gasteiger partial charge in [0.15, 0.2) is 17.2 Å². The maximum Gasteiger partial charge on any atom is 0.303 e. The van der Waals surface area contributed by atoms with E-state index in [-0.39, 0.29) is 6.61 Å². The molecule has 1 N–H and O–H groups in total. The third kappa shape index (κ3) is 4.81. The second kappa shape index (κ2) is 8.29. The molecule has 1 aliphatic rings. The second-order valence-electron chi connectivity index (χ2n) is 4.87. The molecule has 0 radical (unpaired) electrons. The van der Waals surface area contributed by atoms with Crippen LogP contribution in [0.1, 0.15) is 20.8 Å². The van der Waals surface area contributed by atoms with Gasteiger partial charge in [0, 0.05) is 25.7 Å². The Morgan fingerprint density at radius 3 is 2.29 bits per heavy atom. The molecule has 0 aromatic rings. The van der Waals surface area contributed by atoms with E-state index in [4.69, 9.17) is 24.5 Å². The van der Waals surface area contributed by atoms with Crippen LogP contribution in [0, 0.1) is 0 Å². The number of azide groups is 1. The molecule has 0 bridgehead atoms. The largest absolute Gasteiger partial charge is 0.463 e. The Labute approximate surface area is 144 Å². The Kier molecular flexibility index (Phi) is 6.96. The maximum atomic E-state index is 11.4. The second-order valence-corrected chi connectivity index (χ2v) is 5.70. The standard InChI is InChI=1S/C12H16BrN3O8/c1-5(17)21-4-8-9(22-6(2)18)10(23-7(3)19)12(20,15-16-14)11(13)24-8/h8-11,20H,4H2,1-3H3/t8-,9-,10+,11?,12-/m1/s1. The zero-order valence-corrected chi connectivity index (χ0v) is 14.6. The van der Waals surface area contributed by atoms with Gasteiger partial charge < -0.3 is 24.1 Å². The van der Waals surface area contributed by atoms with E-state index in [9.17, 15) is 19.5 Å². The SMILES string of the molecule is CC(=O)OC[C@H]1OC(Br)[C@@](O)(N=[N+]=[N-])[C@@H](OC(C)=O)[C@@H]1OC(C)=O. The van der Waals surface area contributed by atoms with Gasteiger partial charge in [0.2, 0.25) is 5.72 Å². The van der Waals surface area contributed by atoms with Crippen LogP contribution in [0.5, 0.6) is 0 Å². The van der Waals surface area contributed by atoms with Gasteiger partial charge in [-0.15, -0.1) is 0 Å². The van der Waals surface area contributed by atoms with Crippen molar-refractivity contribution in [2.24, 2.45) is 5.11 Å². The van der Waals surface area contributed by atoms with E-state index in [2.05, 4.69) is 26.0 Å². The molecule has 0 aromatic carbocycles. The van der Waals surface area contributed by atoms with Crippen LogP contribution in [-0.4, -0.2) is 58.7 Å². The van der Waals surface area contributed by atoms with E-state index in [0.717, 1.165) is 20.8 Å². The number of hydrogen-bond donors (Lipinski definition) is 1. The van der Waals surface area contributed by atoms with Crippen molar-refractivity contribution >= 4 is 33.8 Å². The smallest absolute Gasteiger partial charge is 0.303 e. The Morgan fingerprint density at radius 2 is 1.83 bits per heavy atom. The van der Waals surface area contributed by atoms with Crippen molar-refractivity contribution in [2.75, 3.05) is 6.61 Å². The van der Waals surface area contributed by atoms with Crippen LogP contribution in [0.3, 0.4) is 0 Å². The molecule has 1 saturated heterocycles. The first-order chi connectivity index (χ1) is 11.1. The van der Waals surface area contributed by atoms with Crippen LogP contribution in [0.2, 0.25) is 0 Å². The van der Waals surface area contributed by atoms with E-state index < -0.39 is 47.0 Å². The van der Waals surface area contributed by atoms with Crippen molar-refractivity contribution in [1.29, 1.82) is 0 Å². The van der Waals surface area contributed by atoms with Gasteiger partial charge in [0.1, 0.15) is 12.7 Å². The van der Waals surface area contributed by atoms with Gasteiger partial charge in [-0.2, -0.15) is 0 Å². The summed E-state index contributed by atoms with van der Waals surface area (Å²) in [5.41, 5.74) is 6.27. The topological polar surface area (TPSA) is 157 Å². The van der Waals surface area contributed by atoms with Gasteiger partial charge in [-0.25, -0.2) is 0 Å². The first kappa shape index (κ1) is 20.2. The lowest BCUT2D eigenvalue weighted by atomic mass is 9.95. The van der Waals surface area contributed by atoms with Crippen LogP contribution in [0.25, 0.3) is 10.4 Å². The van der Waals surface area contributed by atoms with Crippen LogP contribution < -0.4 is 0 Å². The molecular weight excluding hydrogens is 394 g/mol. The minimum Gasteiger partial charge on any atom is -0.463 e. The van der Waals surface area contributed by atoms with E-state index >= 15 is 0 Å². The Morgan fingerprint density at radius 1 is 1.25 bits per heavy atom. The summed E-state index contributed by atoms with van der Waals surface area (Å²) < 4.78 is 20.2. The van der Waals surface area contributed by atoms with Crippen molar-refractivity contribution in [1.82, 2.24) is 0 Å². The summed E-state index contributed by atoms with van der Waals surface area (Å²) >= 11 is 2.97. The quantitative estimate of drug-likeness (QED) is 0.172. The zero-order valence-electron chi connectivity index (χ0n) is 13.0. The number of ether oxygens (including phenoxy) is 4. The highest BCUT2D eigenvalue weighted by Gasteiger charge is 2.58. The molecule has 134 valence electrons. The molecule has 24 heavy (non-hydrogen) atoms. The van der Waals surface area contributed by atoms with Gasteiger partial charge in [-0.3, -0.25) is 14.4 Å². The van der Waals surface area contributed by atoms with Gasteiger partial charge in [0.05, 0.1) is 0 Å². The molecule has 0 saturated carbocycles. The number of nitrogens with zero attached hydrogens (tertiary/aromatic N) is 3. The van der Waals surface area contributed by atoms with E-state index in [0.29, 0.717) is 0 Å². The molecule has 12 heteroatoms. The molecule has 0 aliphatic carbocycles. The summed E-state index contributed by atoms with van der Waals surface area (Å²) in [6.45, 7) is 2.95. The average molecular weight is 410 g/mol. The highest BCUT2D eigenvalue weighted by Crippen LogP contribution is 2.38. The third-order valence-corrected chi connectivity index (χ3v) is 3.85. The summed E-state index contributed by atoms with van der Waals surface area (Å²) in [6.07, 6.45) is -4.05. The third-order valence-electron chi connectivity index (χ3n) is 2.96.